The highest BCUT2D eigenvalue weighted by atomic mass is 16.5. The maximum atomic E-state index is 13.3. The normalized spacial score (nSPS) is 18.1. The Bertz CT molecular complexity index is 1110. The fourth-order valence-corrected chi connectivity index (χ4v) is 4.17. The first-order valence-corrected chi connectivity index (χ1v) is 11.6. The first-order valence-electron chi connectivity index (χ1n) is 11.6. The van der Waals surface area contributed by atoms with Crippen molar-refractivity contribution in [3.05, 3.63) is 70.3 Å². The monoisotopic (exact) mass is 465 g/mol. The van der Waals surface area contributed by atoms with E-state index in [-0.39, 0.29) is 36.0 Å². The Labute approximate surface area is 202 Å². The summed E-state index contributed by atoms with van der Waals surface area (Å²) in [6.07, 6.45) is -0.0297. The fourth-order valence-electron chi connectivity index (χ4n) is 4.17. The number of hydrogen-bond acceptors (Lipinski definition) is 5. The van der Waals surface area contributed by atoms with Crippen LogP contribution in [0.25, 0.3) is 5.76 Å². The molecule has 6 nitrogen and oxygen atoms in total. The molecule has 182 valence electrons. The average molecular weight is 466 g/mol. The average Bonchev–Trinajstić information content (AvgIpc) is 3.01. The van der Waals surface area contributed by atoms with Gasteiger partial charge in [0, 0.05) is 19.2 Å². The summed E-state index contributed by atoms with van der Waals surface area (Å²) in [5, 5.41) is 11.5. The SMILES string of the molecule is COCCN1C(=O)C(=O)/C(=C(/O)c2cc(C(C)(C)C)ccc2C)C1c1cccc(OC(C)C)c1. The molecule has 1 aliphatic heterocycles. The molecule has 1 atom stereocenters. The lowest BCUT2D eigenvalue weighted by Crippen LogP contribution is -2.32. The zero-order chi connectivity index (χ0) is 25.2. The predicted molar refractivity (Wildman–Crippen MR) is 133 cm³/mol. The Hall–Kier alpha value is -3.12. The molecule has 1 aliphatic rings. The van der Waals surface area contributed by atoms with Crippen LogP contribution in [0.1, 0.15) is 62.9 Å². The molecule has 1 heterocycles. The molecular weight excluding hydrogens is 430 g/mol. The van der Waals surface area contributed by atoms with Gasteiger partial charge in [0.15, 0.2) is 0 Å². The minimum absolute atomic E-state index is 0.0297. The highest BCUT2D eigenvalue weighted by Gasteiger charge is 2.46. The Balaban J connectivity index is 2.22. The Morgan fingerprint density at radius 1 is 1.12 bits per heavy atom. The van der Waals surface area contributed by atoms with Crippen LogP contribution in [-0.2, 0) is 19.7 Å². The van der Waals surface area contributed by atoms with Crippen molar-refractivity contribution in [1.82, 2.24) is 4.90 Å². The van der Waals surface area contributed by atoms with Gasteiger partial charge in [0.05, 0.1) is 24.3 Å². The summed E-state index contributed by atoms with van der Waals surface area (Å²) in [5.74, 6) is -0.879. The second kappa shape index (κ2) is 10.0. The maximum Gasteiger partial charge on any atom is 0.295 e. The van der Waals surface area contributed by atoms with Gasteiger partial charge in [-0.1, -0.05) is 45.0 Å². The third-order valence-corrected chi connectivity index (χ3v) is 5.98. The zero-order valence-electron chi connectivity index (χ0n) is 21.1. The van der Waals surface area contributed by atoms with E-state index in [9.17, 15) is 14.7 Å². The van der Waals surface area contributed by atoms with Gasteiger partial charge in [-0.2, -0.15) is 0 Å². The Morgan fingerprint density at radius 2 is 1.82 bits per heavy atom. The molecule has 0 bridgehead atoms. The van der Waals surface area contributed by atoms with Gasteiger partial charge in [0.2, 0.25) is 0 Å². The van der Waals surface area contributed by atoms with Crippen LogP contribution in [0.4, 0.5) is 0 Å². The Kier molecular flexibility index (Phi) is 7.51. The van der Waals surface area contributed by atoms with Crippen molar-refractivity contribution in [2.45, 2.75) is 59.1 Å². The number of methoxy groups -OCH3 is 1. The molecule has 0 aliphatic carbocycles. The first kappa shape index (κ1) is 25.5. The predicted octanol–water partition coefficient (Wildman–Crippen LogP) is 5.15. The van der Waals surface area contributed by atoms with Crippen molar-refractivity contribution in [3.63, 3.8) is 0 Å². The van der Waals surface area contributed by atoms with Crippen LogP contribution in [0.15, 0.2) is 48.0 Å². The van der Waals surface area contributed by atoms with E-state index in [0.29, 0.717) is 16.9 Å². The minimum Gasteiger partial charge on any atom is -0.507 e. The smallest absolute Gasteiger partial charge is 0.295 e. The highest BCUT2D eigenvalue weighted by Crippen LogP contribution is 2.41. The van der Waals surface area contributed by atoms with Crippen molar-refractivity contribution in [3.8, 4) is 5.75 Å². The number of amides is 1. The van der Waals surface area contributed by atoms with Gasteiger partial charge in [-0.15, -0.1) is 0 Å². The van der Waals surface area contributed by atoms with Gasteiger partial charge in [-0.25, -0.2) is 0 Å². The van der Waals surface area contributed by atoms with Crippen LogP contribution in [0.5, 0.6) is 5.75 Å². The number of aryl methyl sites for hydroxylation is 1. The molecule has 0 spiro atoms. The van der Waals surface area contributed by atoms with Crippen LogP contribution >= 0.6 is 0 Å². The number of carbonyl (C=O) groups excluding carboxylic acids is 2. The lowest BCUT2D eigenvalue weighted by Gasteiger charge is -2.26. The van der Waals surface area contributed by atoms with Crippen LogP contribution in [0.2, 0.25) is 0 Å². The summed E-state index contributed by atoms with van der Waals surface area (Å²) >= 11 is 0. The number of hydrogen-bond donors (Lipinski definition) is 1. The van der Waals surface area contributed by atoms with Crippen LogP contribution < -0.4 is 4.74 Å². The van der Waals surface area contributed by atoms with Gasteiger partial charge in [0.25, 0.3) is 11.7 Å². The van der Waals surface area contributed by atoms with Gasteiger partial charge < -0.3 is 19.5 Å². The highest BCUT2D eigenvalue weighted by molar-refractivity contribution is 6.46. The summed E-state index contributed by atoms with van der Waals surface area (Å²) in [6.45, 7) is 12.5. The van der Waals surface area contributed by atoms with Crippen LogP contribution in [0, 0.1) is 6.92 Å². The van der Waals surface area contributed by atoms with Gasteiger partial charge in [0.1, 0.15) is 11.5 Å². The number of nitrogens with zero attached hydrogens (tertiary/aromatic N) is 1. The lowest BCUT2D eigenvalue weighted by molar-refractivity contribution is -0.140. The van der Waals surface area contributed by atoms with Crippen molar-refractivity contribution >= 4 is 17.4 Å². The number of likely N-dealkylation sites (tertiary alicyclic amines) is 1. The molecule has 6 heteroatoms. The maximum absolute atomic E-state index is 13.3. The van der Waals surface area contributed by atoms with E-state index in [1.165, 1.54) is 4.90 Å². The lowest BCUT2D eigenvalue weighted by atomic mass is 9.84. The van der Waals surface area contributed by atoms with Crippen LogP contribution in [0.3, 0.4) is 0 Å². The number of Topliss-reactive ketones (excluding diaryl/α,β-unsaturated/α-hetero) is 1. The summed E-state index contributed by atoms with van der Waals surface area (Å²) in [5.41, 5.74) is 3.03. The van der Waals surface area contributed by atoms with E-state index < -0.39 is 17.7 Å². The molecule has 1 N–H and O–H groups in total. The molecule has 0 radical (unpaired) electrons. The van der Waals surface area contributed by atoms with E-state index >= 15 is 0 Å². The summed E-state index contributed by atoms with van der Waals surface area (Å²) in [7, 11) is 1.55. The number of ether oxygens (including phenoxy) is 2. The van der Waals surface area contributed by atoms with Gasteiger partial charge in [-0.3, -0.25) is 9.59 Å². The van der Waals surface area contributed by atoms with Gasteiger partial charge >= 0.3 is 0 Å². The molecule has 1 unspecified atom stereocenters. The second-order valence-corrected chi connectivity index (χ2v) is 10.0. The Morgan fingerprint density at radius 3 is 2.44 bits per heavy atom. The van der Waals surface area contributed by atoms with E-state index in [1.54, 1.807) is 7.11 Å². The quantitative estimate of drug-likeness (QED) is 0.348. The molecule has 34 heavy (non-hydrogen) atoms. The van der Waals surface area contributed by atoms with Crippen molar-refractivity contribution < 1.29 is 24.2 Å². The number of aliphatic hydroxyl groups excluding tert-OH is 1. The summed E-state index contributed by atoms with van der Waals surface area (Å²) < 4.78 is 11.0. The molecule has 0 saturated carbocycles. The number of rotatable bonds is 7. The number of ketones is 1. The van der Waals surface area contributed by atoms with E-state index in [4.69, 9.17) is 9.47 Å². The number of aliphatic hydroxyl groups is 1. The molecule has 2 aromatic rings. The van der Waals surface area contributed by atoms with E-state index in [0.717, 1.165) is 11.1 Å². The van der Waals surface area contributed by atoms with E-state index in [2.05, 4.69) is 20.8 Å². The molecule has 2 aromatic carbocycles. The first-order chi connectivity index (χ1) is 16.0. The molecule has 3 rings (SSSR count). The molecular formula is C28H35NO5. The molecule has 1 fully saturated rings. The third-order valence-electron chi connectivity index (χ3n) is 5.98. The van der Waals surface area contributed by atoms with Crippen LogP contribution in [-0.4, -0.2) is 48.1 Å². The molecule has 1 saturated heterocycles. The molecule has 0 aromatic heterocycles. The fraction of sp³-hybridized carbons (Fsp3) is 0.429. The summed E-state index contributed by atoms with van der Waals surface area (Å²) in [6, 6.07) is 12.4. The number of benzene rings is 2. The largest absolute Gasteiger partial charge is 0.507 e. The zero-order valence-corrected chi connectivity index (χ0v) is 21.1. The molecule has 1 amide bonds. The third kappa shape index (κ3) is 5.17. The van der Waals surface area contributed by atoms with Crippen molar-refractivity contribution in [2.24, 2.45) is 0 Å². The minimum atomic E-state index is -0.747. The van der Waals surface area contributed by atoms with E-state index in [1.807, 2.05) is 63.2 Å². The van der Waals surface area contributed by atoms with Crippen molar-refractivity contribution in [2.75, 3.05) is 20.3 Å². The summed E-state index contributed by atoms with van der Waals surface area (Å²) in [4.78, 5) is 27.8. The number of carbonyl (C=O) groups is 2. The topological polar surface area (TPSA) is 76.1 Å². The van der Waals surface area contributed by atoms with Gasteiger partial charge in [-0.05, 0) is 61.1 Å². The standard InChI is InChI=1S/C28H35NO5/c1-17(2)34-21-10-8-9-19(15-21)24-23(26(31)27(32)29(24)13-14-33-7)25(30)22-16-20(28(4,5)6)12-11-18(22)3/h8-12,15-17,24,30H,13-14H2,1-7H3/b25-23+. The second-order valence-electron chi connectivity index (χ2n) is 10.0. The van der Waals surface area contributed by atoms with Crippen molar-refractivity contribution in [1.29, 1.82) is 0 Å².